The summed E-state index contributed by atoms with van der Waals surface area (Å²) in [5.41, 5.74) is 0.293. The predicted octanol–water partition coefficient (Wildman–Crippen LogP) is 2.56. The lowest BCUT2D eigenvalue weighted by Gasteiger charge is -2.16. The number of benzene rings is 1. The lowest BCUT2D eigenvalue weighted by atomic mass is 10.2. The van der Waals surface area contributed by atoms with Crippen molar-refractivity contribution in [1.29, 1.82) is 0 Å². The van der Waals surface area contributed by atoms with Crippen molar-refractivity contribution in [2.24, 2.45) is 0 Å². The van der Waals surface area contributed by atoms with E-state index in [9.17, 15) is 14.3 Å². The SMILES string of the molecule is CC(CS(C)=O)Nc1cccc(OC(C)C)c1[N+](=O)[O-]. The molecule has 0 saturated heterocycles. The third-order valence-electron chi connectivity index (χ3n) is 2.43. The highest BCUT2D eigenvalue weighted by molar-refractivity contribution is 7.84. The van der Waals surface area contributed by atoms with Crippen LogP contribution in [-0.2, 0) is 10.8 Å². The number of nitrogens with zero attached hydrogens (tertiary/aromatic N) is 1. The Morgan fingerprint density at radius 1 is 1.40 bits per heavy atom. The first-order valence-electron chi connectivity index (χ1n) is 6.32. The van der Waals surface area contributed by atoms with Crippen LogP contribution >= 0.6 is 0 Å². The number of nitrogens with one attached hydrogen (secondary N) is 1. The molecule has 0 bridgehead atoms. The molecule has 7 heteroatoms. The van der Waals surface area contributed by atoms with Crippen LogP contribution in [0, 0.1) is 10.1 Å². The molecule has 6 nitrogen and oxygen atoms in total. The van der Waals surface area contributed by atoms with Gasteiger partial charge in [0, 0.05) is 28.9 Å². The zero-order valence-electron chi connectivity index (χ0n) is 12.1. The highest BCUT2D eigenvalue weighted by Crippen LogP contribution is 2.35. The molecule has 2 atom stereocenters. The maximum Gasteiger partial charge on any atom is 0.333 e. The molecule has 0 aliphatic heterocycles. The normalized spacial score (nSPS) is 13.8. The van der Waals surface area contributed by atoms with Crippen LogP contribution in [0.25, 0.3) is 0 Å². The average Bonchev–Trinajstić information content (AvgIpc) is 2.26. The number of anilines is 1. The quantitative estimate of drug-likeness (QED) is 0.618. The molecule has 1 aromatic rings. The fourth-order valence-electron chi connectivity index (χ4n) is 1.84. The Balaban J connectivity index is 3.06. The molecule has 1 aromatic carbocycles. The van der Waals surface area contributed by atoms with Crippen LogP contribution in [-0.4, -0.2) is 33.3 Å². The van der Waals surface area contributed by atoms with Crippen LogP contribution in [0.15, 0.2) is 18.2 Å². The molecule has 20 heavy (non-hydrogen) atoms. The number of nitro groups is 1. The second-order valence-corrected chi connectivity index (χ2v) is 6.34. The zero-order chi connectivity index (χ0) is 15.3. The second kappa shape index (κ2) is 7.23. The first-order chi connectivity index (χ1) is 9.31. The Kier molecular flexibility index (Phi) is 5.94. The Morgan fingerprint density at radius 3 is 2.55 bits per heavy atom. The predicted molar refractivity (Wildman–Crippen MR) is 80.9 cm³/mol. The average molecular weight is 300 g/mol. The van der Waals surface area contributed by atoms with E-state index in [-0.39, 0.29) is 23.6 Å². The topological polar surface area (TPSA) is 81.5 Å². The third-order valence-corrected chi connectivity index (χ3v) is 3.40. The minimum atomic E-state index is -0.965. The van der Waals surface area contributed by atoms with Gasteiger partial charge in [-0.25, -0.2) is 0 Å². The fraction of sp³-hybridized carbons (Fsp3) is 0.538. The lowest BCUT2D eigenvalue weighted by molar-refractivity contribution is -0.385. The van der Waals surface area contributed by atoms with Gasteiger partial charge < -0.3 is 10.1 Å². The summed E-state index contributed by atoms with van der Waals surface area (Å²) in [6, 6.07) is 4.77. The molecular weight excluding hydrogens is 280 g/mol. The van der Waals surface area contributed by atoms with Crippen LogP contribution < -0.4 is 10.1 Å². The van der Waals surface area contributed by atoms with Crippen LogP contribution in [0.1, 0.15) is 20.8 Å². The van der Waals surface area contributed by atoms with E-state index in [0.717, 1.165) is 0 Å². The van der Waals surface area contributed by atoms with Gasteiger partial charge in [0.2, 0.25) is 0 Å². The van der Waals surface area contributed by atoms with Crippen LogP contribution in [0.3, 0.4) is 0 Å². The standard InChI is InChI=1S/C13H20N2O4S/c1-9(2)19-12-7-5-6-11(13(12)15(16)17)14-10(3)8-20(4)18/h5-7,9-10,14H,8H2,1-4H3. The van der Waals surface area contributed by atoms with Crippen LogP contribution in [0.4, 0.5) is 11.4 Å². The summed E-state index contributed by atoms with van der Waals surface area (Å²) in [4.78, 5) is 10.8. The molecule has 0 radical (unpaired) electrons. The van der Waals surface area contributed by atoms with Gasteiger partial charge in [0.05, 0.1) is 11.0 Å². The van der Waals surface area contributed by atoms with Crippen molar-refractivity contribution in [1.82, 2.24) is 0 Å². The van der Waals surface area contributed by atoms with E-state index < -0.39 is 15.7 Å². The maximum atomic E-state index is 11.3. The Hall–Kier alpha value is -1.63. The Morgan fingerprint density at radius 2 is 2.05 bits per heavy atom. The van der Waals surface area contributed by atoms with E-state index >= 15 is 0 Å². The summed E-state index contributed by atoms with van der Waals surface area (Å²) in [7, 11) is -0.965. The minimum absolute atomic E-state index is 0.0880. The summed E-state index contributed by atoms with van der Waals surface area (Å²) in [5, 5.41) is 14.3. The molecule has 0 heterocycles. The molecule has 0 aromatic heterocycles. The molecule has 1 rings (SSSR count). The number of nitro benzene ring substituents is 1. The van der Waals surface area contributed by atoms with Gasteiger partial charge in [-0.1, -0.05) is 6.07 Å². The summed E-state index contributed by atoms with van der Waals surface area (Å²) >= 11 is 0. The zero-order valence-corrected chi connectivity index (χ0v) is 12.9. The number of ether oxygens (including phenoxy) is 1. The fourth-order valence-corrected chi connectivity index (χ4v) is 2.62. The second-order valence-electron chi connectivity index (χ2n) is 4.86. The molecular formula is C13H20N2O4S. The first kappa shape index (κ1) is 16.4. The molecule has 0 amide bonds. The first-order valence-corrected chi connectivity index (χ1v) is 8.04. The molecule has 1 N–H and O–H groups in total. The van der Waals surface area contributed by atoms with Crippen molar-refractivity contribution in [3.8, 4) is 5.75 Å². The van der Waals surface area contributed by atoms with Gasteiger partial charge in [0.1, 0.15) is 5.69 Å². The van der Waals surface area contributed by atoms with Gasteiger partial charge in [0.25, 0.3) is 0 Å². The molecule has 2 unspecified atom stereocenters. The molecule has 112 valence electrons. The summed E-state index contributed by atoms with van der Waals surface area (Å²) in [6.07, 6.45) is 1.45. The Bertz CT molecular complexity index is 505. The van der Waals surface area contributed by atoms with E-state index in [1.165, 1.54) is 0 Å². The largest absolute Gasteiger partial charge is 0.484 e. The van der Waals surface area contributed by atoms with Gasteiger partial charge in [-0.05, 0) is 32.9 Å². The van der Waals surface area contributed by atoms with Gasteiger partial charge >= 0.3 is 5.69 Å². The highest BCUT2D eigenvalue weighted by Gasteiger charge is 2.22. The van der Waals surface area contributed by atoms with E-state index in [0.29, 0.717) is 11.4 Å². The van der Waals surface area contributed by atoms with Crippen molar-refractivity contribution in [2.45, 2.75) is 32.9 Å². The molecule has 0 aliphatic rings. The summed E-state index contributed by atoms with van der Waals surface area (Å²) in [6.45, 7) is 5.46. The van der Waals surface area contributed by atoms with Crippen molar-refractivity contribution in [2.75, 3.05) is 17.3 Å². The number of para-hydroxylation sites is 1. The smallest absolute Gasteiger partial charge is 0.333 e. The highest BCUT2D eigenvalue weighted by atomic mass is 32.2. The van der Waals surface area contributed by atoms with E-state index in [2.05, 4.69) is 5.32 Å². The number of hydrogen-bond acceptors (Lipinski definition) is 5. The van der Waals surface area contributed by atoms with Crippen LogP contribution in [0.5, 0.6) is 5.75 Å². The van der Waals surface area contributed by atoms with Crippen molar-refractivity contribution in [3.63, 3.8) is 0 Å². The monoisotopic (exact) mass is 300 g/mol. The maximum absolute atomic E-state index is 11.3. The van der Waals surface area contributed by atoms with Gasteiger partial charge in [-0.2, -0.15) is 0 Å². The lowest BCUT2D eigenvalue weighted by Crippen LogP contribution is -2.23. The molecule has 0 aliphatic carbocycles. The summed E-state index contributed by atoms with van der Waals surface area (Å²) < 4.78 is 16.7. The van der Waals surface area contributed by atoms with Gasteiger partial charge in [-0.15, -0.1) is 0 Å². The van der Waals surface area contributed by atoms with Gasteiger partial charge in [0.15, 0.2) is 5.75 Å². The Labute approximate surface area is 121 Å². The van der Waals surface area contributed by atoms with Crippen molar-refractivity contribution < 1.29 is 13.9 Å². The third kappa shape index (κ3) is 4.80. The number of rotatable bonds is 7. The van der Waals surface area contributed by atoms with Gasteiger partial charge in [-0.3, -0.25) is 14.3 Å². The summed E-state index contributed by atoms with van der Waals surface area (Å²) in [5.74, 6) is 0.659. The molecule has 0 saturated carbocycles. The number of hydrogen-bond donors (Lipinski definition) is 1. The molecule has 0 spiro atoms. The van der Waals surface area contributed by atoms with Crippen molar-refractivity contribution >= 4 is 22.2 Å². The van der Waals surface area contributed by atoms with E-state index in [1.807, 2.05) is 20.8 Å². The van der Waals surface area contributed by atoms with E-state index in [1.54, 1.807) is 24.5 Å². The molecule has 0 fully saturated rings. The van der Waals surface area contributed by atoms with Crippen molar-refractivity contribution in [3.05, 3.63) is 28.3 Å². The van der Waals surface area contributed by atoms with Crippen LogP contribution in [0.2, 0.25) is 0 Å². The minimum Gasteiger partial charge on any atom is -0.484 e. The van der Waals surface area contributed by atoms with E-state index in [4.69, 9.17) is 4.74 Å².